The van der Waals surface area contributed by atoms with Crippen molar-refractivity contribution in [1.82, 2.24) is 14.6 Å². The summed E-state index contributed by atoms with van der Waals surface area (Å²) in [6, 6.07) is 9.13. The maximum Gasteiger partial charge on any atom is 0.240 e. The van der Waals surface area contributed by atoms with Crippen LogP contribution in [-0.2, 0) is 0 Å². The Bertz CT molecular complexity index is 716. The van der Waals surface area contributed by atoms with Crippen LogP contribution in [0.15, 0.2) is 36.5 Å². The standard InChI is InChI=1S/C12H8Cl2N4/c13-8-4-7(5-9(14)6-8)10-2-1-3-18-11(10)16-12(15)17-18/h1-6H,(H2,15,17). The average molecular weight is 279 g/mol. The van der Waals surface area contributed by atoms with Crippen LogP contribution in [-0.4, -0.2) is 14.6 Å². The Labute approximate surface area is 113 Å². The van der Waals surface area contributed by atoms with Gasteiger partial charge in [-0.15, -0.1) is 5.10 Å². The predicted octanol–water partition coefficient (Wildman–Crippen LogP) is 3.29. The lowest BCUT2D eigenvalue weighted by atomic mass is 10.1. The third kappa shape index (κ3) is 1.89. The van der Waals surface area contributed by atoms with E-state index >= 15 is 0 Å². The largest absolute Gasteiger partial charge is 0.366 e. The van der Waals surface area contributed by atoms with Gasteiger partial charge in [0.15, 0.2) is 5.65 Å². The highest BCUT2D eigenvalue weighted by molar-refractivity contribution is 6.35. The Kier molecular flexibility index (Phi) is 2.61. The minimum Gasteiger partial charge on any atom is -0.366 e. The van der Waals surface area contributed by atoms with E-state index in [1.54, 1.807) is 16.8 Å². The molecule has 0 bridgehead atoms. The molecule has 0 aliphatic carbocycles. The fourth-order valence-corrected chi connectivity index (χ4v) is 2.38. The molecule has 0 saturated carbocycles. The smallest absolute Gasteiger partial charge is 0.240 e. The van der Waals surface area contributed by atoms with Crippen LogP contribution >= 0.6 is 23.2 Å². The van der Waals surface area contributed by atoms with Gasteiger partial charge in [-0.25, -0.2) is 4.52 Å². The van der Waals surface area contributed by atoms with Gasteiger partial charge >= 0.3 is 0 Å². The Balaban J connectivity index is 2.30. The molecule has 0 fully saturated rings. The van der Waals surface area contributed by atoms with Crippen molar-refractivity contribution in [2.45, 2.75) is 0 Å². The molecule has 1 aromatic carbocycles. The fourth-order valence-electron chi connectivity index (χ4n) is 1.86. The third-order valence-electron chi connectivity index (χ3n) is 2.55. The van der Waals surface area contributed by atoms with Gasteiger partial charge in [0, 0.05) is 21.8 Å². The van der Waals surface area contributed by atoms with Crippen LogP contribution in [0.1, 0.15) is 0 Å². The van der Waals surface area contributed by atoms with Gasteiger partial charge < -0.3 is 5.73 Å². The molecule has 2 aromatic heterocycles. The van der Waals surface area contributed by atoms with Crippen molar-refractivity contribution in [2.24, 2.45) is 0 Å². The topological polar surface area (TPSA) is 56.2 Å². The molecule has 2 N–H and O–H groups in total. The Morgan fingerprint density at radius 3 is 2.56 bits per heavy atom. The molecule has 0 radical (unpaired) electrons. The number of aromatic nitrogens is 3. The zero-order chi connectivity index (χ0) is 12.7. The van der Waals surface area contributed by atoms with Crippen molar-refractivity contribution in [2.75, 3.05) is 5.73 Å². The van der Waals surface area contributed by atoms with E-state index in [1.165, 1.54) is 0 Å². The van der Waals surface area contributed by atoms with Gasteiger partial charge in [0.2, 0.25) is 5.95 Å². The lowest BCUT2D eigenvalue weighted by Crippen LogP contribution is -1.90. The van der Waals surface area contributed by atoms with Crippen LogP contribution in [0, 0.1) is 0 Å². The zero-order valence-corrected chi connectivity index (χ0v) is 10.7. The van der Waals surface area contributed by atoms with Gasteiger partial charge in [-0.05, 0) is 35.9 Å². The number of pyridine rings is 1. The number of fused-ring (bicyclic) bond motifs is 1. The van der Waals surface area contributed by atoms with Crippen molar-refractivity contribution >= 4 is 34.8 Å². The summed E-state index contributed by atoms with van der Waals surface area (Å²) in [7, 11) is 0. The molecule has 0 amide bonds. The molecule has 0 aliphatic heterocycles. The number of hydrogen-bond donors (Lipinski definition) is 1. The van der Waals surface area contributed by atoms with Crippen LogP contribution in [0.4, 0.5) is 5.95 Å². The van der Waals surface area contributed by atoms with Gasteiger partial charge in [0.05, 0.1) is 0 Å². The molecule has 0 atom stereocenters. The van der Waals surface area contributed by atoms with Gasteiger partial charge in [-0.2, -0.15) is 4.98 Å². The number of nitrogen functional groups attached to an aromatic ring is 1. The number of nitrogens with zero attached hydrogens (tertiary/aromatic N) is 3. The molecular formula is C12H8Cl2N4. The first-order chi connectivity index (χ1) is 8.63. The van der Waals surface area contributed by atoms with E-state index in [1.807, 2.05) is 24.3 Å². The van der Waals surface area contributed by atoms with Crippen LogP contribution < -0.4 is 5.73 Å². The minimum absolute atomic E-state index is 0.232. The highest BCUT2D eigenvalue weighted by atomic mass is 35.5. The lowest BCUT2D eigenvalue weighted by molar-refractivity contribution is 0.969. The highest BCUT2D eigenvalue weighted by Crippen LogP contribution is 2.29. The van der Waals surface area contributed by atoms with Gasteiger partial charge in [-0.3, -0.25) is 0 Å². The summed E-state index contributed by atoms with van der Waals surface area (Å²) in [5.74, 6) is 0.232. The summed E-state index contributed by atoms with van der Waals surface area (Å²) in [6.07, 6.45) is 1.79. The molecule has 3 rings (SSSR count). The third-order valence-corrected chi connectivity index (χ3v) is 2.99. The summed E-state index contributed by atoms with van der Waals surface area (Å²) in [5, 5.41) is 5.21. The van der Waals surface area contributed by atoms with E-state index in [0.29, 0.717) is 15.7 Å². The molecule has 2 heterocycles. The summed E-state index contributed by atoms with van der Waals surface area (Å²) in [5.41, 5.74) is 8.04. The second kappa shape index (κ2) is 4.15. The molecule has 0 aliphatic rings. The van der Waals surface area contributed by atoms with Crippen molar-refractivity contribution in [3.63, 3.8) is 0 Å². The number of anilines is 1. The lowest BCUT2D eigenvalue weighted by Gasteiger charge is -2.04. The quantitative estimate of drug-likeness (QED) is 0.743. The molecule has 18 heavy (non-hydrogen) atoms. The zero-order valence-electron chi connectivity index (χ0n) is 9.14. The monoisotopic (exact) mass is 278 g/mol. The molecule has 0 spiro atoms. The van der Waals surface area contributed by atoms with Gasteiger partial charge in [0.25, 0.3) is 0 Å². The average Bonchev–Trinajstić information content (AvgIpc) is 2.67. The minimum atomic E-state index is 0.232. The molecule has 0 saturated heterocycles. The van der Waals surface area contributed by atoms with Crippen molar-refractivity contribution in [3.8, 4) is 11.1 Å². The molecule has 3 aromatic rings. The van der Waals surface area contributed by atoms with E-state index in [0.717, 1.165) is 11.1 Å². The van der Waals surface area contributed by atoms with Gasteiger partial charge in [-0.1, -0.05) is 23.2 Å². The SMILES string of the molecule is Nc1nc2c(-c3cc(Cl)cc(Cl)c3)cccn2n1. The van der Waals surface area contributed by atoms with E-state index in [9.17, 15) is 0 Å². The number of nitrogens with two attached hydrogens (primary N) is 1. The fraction of sp³-hybridized carbons (Fsp3) is 0. The first kappa shape index (κ1) is 11.3. The summed E-state index contributed by atoms with van der Waals surface area (Å²) >= 11 is 12.0. The van der Waals surface area contributed by atoms with E-state index in [4.69, 9.17) is 28.9 Å². The summed E-state index contributed by atoms with van der Waals surface area (Å²) in [4.78, 5) is 4.19. The molecule has 0 unspecified atom stereocenters. The first-order valence-corrected chi connectivity index (χ1v) is 5.96. The second-order valence-electron chi connectivity index (χ2n) is 3.82. The maximum absolute atomic E-state index is 6.00. The summed E-state index contributed by atoms with van der Waals surface area (Å²) in [6.45, 7) is 0. The number of hydrogen-bond acceptors (Lipinski definition) is 3. The molecule has 90 valence electrons. The first-order valence-electron chi connectivity index (χ1n) is 5.21. The Hall–Kier alpha value is -1.78. The molecule has 4 nitrogen and oxygen atoms in total. The van der Waals surface area contributed by atoms with E-state index in [2.05, 4.69) is 10.1 Å². The van der Waals surface area contributed by atoms with Crippen molar-refractivity contribution in [1.29, 1.82) is 0 Å². The van der Waals surface area contributed by atoms with Crippen LogP contribution in [0.25, 0.3) is 16.8 Å². The van der Waals surface area contributed by atoms with Crippen molar-refractivity contribution in [3.05, 3.63) is 46.6 Å². The second-order valence-corrected chi connectivity index (χ2v) is 4.69. The van der Waals surface area contributed by atoms with Gasteiger partial charge in [0.1, 0.15) is 0 Å². The van der Waals surface area contributed by atoms with E-state index in [-0.39, 0.29) is 5.95 Å². The molecular weight excluding hydrogens is 271 g/mol. The van der Waals surface area contributed by atoms with Crippen molar-refractivity contribution < 1.29 is 0 Å². The Morgan fingerprint density at radius 1 is 1.11 bits per heavy atom. The Morgan fingerprint density at radius 2 is 1.83 bits per heavy atom. The normalized spacial score (nSPS) is 11.0. The molecule has 6 heteroatoms. The van der Waals surface area contributed by atoms with Crippen LogP contribution in [0.3, 0.4) is 0 Å². The number of benzene rings is 1. The van der Waals surface area contributed by atoms with Crippen LogP contribution in [0.5, 0.6) is 0 Å². The predicted molar refractivity (Wildman–Crippen MR) is 72.9 cm³/mol. The van der Waals surface area contributed by atoms with Crippen LogP contribution in [0.2, 0.25) is 10.0 Å². The number of rotatable bonds is 1. The maximum atomic E-state index is 6.00. The van der Waals surface area contributed by atoms with E-state index < -0.39 is 0 Å². The highest BCUT2D eigenvalue weighted by Gasteiger charge is 2.09. The summed E-state index contributed by atoms with van der Waals surface area (Å²) < 4.78 is 1.62. The number of halogens is 2.